The second-order valence-corrected chi connectivity index (χ2v) is 31.5. The molecule has 0 spiro atoms. The largest absolute Gasteiger partial charge is 0.481 e. The lowest BCUT2D eigenvalue weighted by Crippen LogP contribution is -2.64. The highest BCUT2D eigenvalue weighted by Crippen LogP contribution is 2.70. The van der Waals surface area contributed by atoms with E-state index >= 15 is 4.39 Å². The molecule has 632 valence electrons. The number of aliphatic hydroxyl groups excluding tert-OH is 2. The van der Waals surface area contributed by atoms with E-state index in [1.165, 1.54) is 36.4 Å². The average molecular weight is 1610 g/mol. The summed E-state index contributed by atoms with van der Waals surface area (Å²) < 4.78 is 68.0. The summed E-state index contributed by atoms with van der Waals surface area (Å²) in [5.74, 6) is -1.50. The number of alkyl carbamates (subject to hydrolysis) is 2. The summed E-state index contributed by atoms with van der Waals surface area (Å²) in [5, 5.41) is 52.4. The third kappa shape index (κ3) is 24.7. The molecule has 6 aliphatic carbocycles. The Morgan fingerprint density at radius 2 is 1.35 bits per heavy atom. The first-order valence-electron chi connectivity index (χ1n) is 39.8. The van der Waals surface area contributed by atoms with Crippen molar-refractivity contribution in [2.75, 3.05) is 91.1 Å². The molecule has 1 heterocycles. The summed E-state index contributed by atoms with van der Waals surface area (Å²) in [4.78, 5) is 159. The van der Waals surface area contributed by atoms with Crippen molar-refractivity contribution in [2.45, 2.75) is 212 Å². The van der Waals surface area contributed by atoms with Gasteiger partial charge in [0.05, 0.1) is 78.3 Å². The van der Waals surface area contributed by atoms with Gasteiger partial charge in [0, 0.05) is 61.2 Å². The van der Waals surface area contributed by atoms with E-state index in [-0.39, 0.29) is 114 Å². The molecule has 1 aromatic rings. The van der Waals surface area contributed by atoms with E-state index in [1.54, 1.807) is 33.8 Å². The van der Waals surface area contributed by atoms with Crippen molar-refractivity contribution in [3.63, 3.8) is 0 Å². The minimum absolute atomic E-state index is 0.00219. The number of aliphatic carboxylic acids is 1. The third-order valence-electron chi connectivity index (χ3n) is 22.7. The van der Waals surface area contributed by atoms with Crippen molar-refractivity contribution in [3.05, 3.63) is 53.6 Å². The maximum absolute atomic E-state index is 16.3. The highest BCUT2D eigenvalue weighted by Gasteiger charge is 2.76. The number of hydrogen-bond acceptors (Lipinski definition) is 23. The number of nitrogens with two attached hydrogens (primary N) is 1. The first-order valence-corrected chi connectivity index (χ1v) is 39.8. The Balaban J connectivity index is 0.751. The Morgan fingerprint density at radius 3 is 1.98 bits per heavy atom. The first-order chi connectivity index (χ1) is 54.4. The fourth-order valence-electron chi connectivity index (χ4n) is 17.1. The number of ether oxygens (including phenoxy) is 9. The molecular weight excluding hydrogens is 1490 g/mol. The normalized spacial score (nSPS) is 26.8. The summed E-state index contributed by atoms with van der Waals surface area (Å²) in [6.07, 6.45) is 2.97. The number of carbonyl (C=O) groups is 12. The van der Waals surface area contributed by atoms with Gasteiger partial charge in [0.2, 0.25) is 35.3 Å². The topological polar surface area (TPSA) is 471 Å². The molecule has 1 aliphatic heterocycles. The Hall–Kier alpha value is -8.69. The summed E-state index contributed by atoms with van der Waals surface area (Å²) >= 11 is 0. The minimum atomic E-state index is -1.72. The number of fused-ring (bicyclic) bond motifs is 8. The highest BCUT2D eigenvalue weighted by atomic mass is 19.1. The molecule has 34 heteroatoms. The fourth-order valence-corrected chi connectivity index (χ4v) is 17.1. The average Bonchev–Trinajstić information content (AvgIpc) is 1.49. The van der Waals surface area contributed by atoms with Crippen LogP contribution in [0.15, 0.2) is 48.1 Å². The number of halogens is 1. The number of carboxylic acids is 1. The monoisotopic (exact) mass is 1610 g/mol. The quantitative estimate of drug-likeness (QED) is 0.0190. The van der Waals surface area contributed by atoms with E-state index < -0.39 is 181 Å². The third-order valence-corrected chi connectivity index (χ3v) is 22.7. The van der Waals surface area contributed by atoms with Crippen molar-refractivity contribution in [2.24, 2.45) is 63.9 Å². The molecule has 33 nitrogen and oxygen atoms in total. The summed E-state index contributed by atoms with van der Waals surface area (Å²) in [5.41, 5.74) is 2.36. The van der Waals surface area contributed by atoms with E-state index in [0.29, 0.717) is 74.5 Å². The van der Waals surface area contributed by atoms with Gasteiger partial charge in [0.15, 0.2) is 24.3 Å². The highest BCUT2D eigenvalue weighted by molar-refractivity contribution is 6.02. The minimum Gasteiger partial charge on any atom is -0.481 e. The number of alkyl halides is 1. The van der Waals surface area contributed by atoms with Crippen LogP contribution < -0.4 is 48.3 Å². The number of ketones is 2. The zero-order chi connectivity index (χ0) is 82.9. The number of carbonyl (C=O) groups excluding carboxylic acids is 11. The van der Waals surface area contributed by atoms with Crippen molar-refractivity contribution >= 4 is 76.9 Å². The van der Waals surface area contributed by atoms with Gasteiger partial charge in [0.1, 0.15) is 43.0 Å². The number of nitrogens with one attached hydrogen (secondary N) is 8. The maximum atomic E-state index is 16.3. The van der Waals surface area contributed by atoms with Gasteiger partial charge in [-0.1, -0.05) is 73.1 Å². The van der Waals surface area contributed by atoms with Gasteiger partial charge in [-0.25, -0.2) is 23.6 Å². The van der Waals surface area contributed by atoms with Gasteiger partial charge in [-0.15, -0.1) is 11.8 Å². The van der Waals surface area contributed by atoms with Crippen LogP contribution in [0, 0.1) is 70.0 Å². The number of amides is 9. The SMILES string of the molecule is CCCC1O[C@@H]2C[C@H]3[C@@H]4C[C@H](F)C5=CC(=O)C=C[C@]5(C)C4[C@@H](O)C[C@]3(C)[C@]2(C(=O)COC(=O)[C@H](CC(C)C)NC(=O)[C@H](CO)NC(=O)OCc2ccc(NC(=O)[C@H](CCCNC(N)=O)NC(=O)[C@@H](NC(=O)[C@@H](CCC(=O)O)NC(=O)CCOCCOCCOCCOCCNC(=O)OCC3[C@H]4CCC#CCC[C@@H]34)C(C)C)cc2)O1. The first kappa shape index (κ1) is 90.8. The van der Waals surface area contributed by atoms with Crippen LogP contribution >= 0.6 is 0 Å². The number of benzene rings is 1. The fraction of sp³-hybridized carbons (Fsp3) is 0.700. The van der Waals surface area contributed by atoms with Crippen LogP contribution in [0.5, 0.6) is 0 Å². The molecule has 0 radical (unpaired) electrons. The molecule has 13 N–H and O–H groups in total. The van der Waals surface area contributed by atoms with Crippen molar-refractivity contribution < 1.29 is 120 Å². The molecular formula is C80H116FN9O24. The number of aliphatic hydroxyl groups is 2. The standard InChI is InChI=1S/C80H116FN9O24/c1-8-14-67-113-64-40-55-53-39-57(81)56-38-50(92)24-26-78(56,6)68(53)62(93)41-79(55,7)80(64,114-67)63(94)45-110-74(102)60(37-46(2)3)88-72(100)61(42-91)89-77(105)111-43-48-18-20-49(21-19-48)85-70(98)58(17-13-27-83-75(82)103)87-73(101)69(47(4)5)90-71(99)59(22-23-66(96)97)86-65(95)25-29-106-31-33-108-35-36-109-34-32-107-30-28-84-76(104)112-44-54-51-15-11-9-10-12-16-52(51)54/h18-21,24,26,38,46-47,51-55,57-62,64,67-69,91,93H,8,11-17,22-23,25,27-37,39-45H2,1-7H3,(H,84,104)(H,85,98)(H,86,95)(H,87,101)(H,88,100)(H,89,105)(H,90,99)(H,96,97)(H3,82,83,103)/t51-,52+,53-,54?,55-,57-,58-,59+,60-,61-,62-,64+,67?,68?,69-,78-,79-,80+/m0/s1. The molecule has 5 fully saturated rings. The van der Waals surface area contributed by atoms with Crippen LogP contribution in [0.4, 0.5) is 24.5 Å². The molecule has 114 heavy (non-hydrogen) atoms. The lowest BCUT2D eigenvalue weighted by atomic mass is 9.46. The summed E-state index contributed by atoms with van der Waals surface area (Å²) in [6.45, 7) is 12.6. The number of rotatable bonds is 46. The van der Waals surface area contributed by atoms with Gasteiger partial charge >= 0.3 is 30.2 Å². The maximum Gasteiger partial charge on any atom is 0.408 e. The second-order valence-electron chi connectivity index (χ2n) is 31.5. The van der Waals surface area contributed by atoms with E-state index in [1.807, 2.05) is 20.8 Å². The number of urea groups is 1. The van der Waals surface area contributed by atoms with Crippen molar-refractivity contribution in [1.82, 2.24) is 37.2 Å². The Labute approximate surface area is 663 Å². The molecule has 18 atom stereocenters. The number of primary amides is 1. The van der Waals surface area contributed by atoms with Crippen LogP contribution in [-0.4, -0.2) is 233 Å². The van der Waals surface area contributed by atoms with E-state index in [2.05, 4.69) is 54.4 Å². The Morgan fingerprint density at radius 1 is 0.711 bits per heavy atom. The summed E-state index contributed by atoms with van der Waals surface area (Å²) in [7, 11) is 0. The van der Waals surface area contributed by atoms with Crippen LogP contribution in [0.2, 0.25) is 0 Å². The van der Waals surface area contributed by atoms with Gasteiger partial charge < -0.3 is 106 Å². The van der Waals surface area contributed by atoms with Gasteiger partial charge in [0.25, 0.3) is 0 Å². The molecule has 1 aromatic carbocycles. The smallest absolute Gasteiger partial charge is 0.408 e. The molecule has 4 saturated carbocycles. The van der Waals surface area contributed by atoms with Gasteiger partial charge in [-0.05, 0) is 141 Å². The zero-order valence-electron chi connectivity index (χ0n) is 66.2. The van der Waals surface area contributed by atoms with Crippen molar-refractivity contribution in [1.29, 1.82) is 0 Å². The number of esters is 1. The number of allylic oxidation sites excluding steroid dienone is 4. The van der Waals surface area contributed by atoms with E-state index in [9.17, 15) is 72.9 Å². The Kier molecular flexibility index (Phi) is 34.5. The van der Waals surface area contributed by atoms with Crippen LogP contribution in [-0.2, 0) is 92.4 Å². The lowest BCUT2D eigenvalue weighted by Gasteiger charge is -2.60. The molecule has 1 saturated heterocycles. The summed E-state index contributed by atoms with van der Waals surface area (Å²) in [6, 6.07) is -1.99. The lowest BCUT2D eigenvalue weighted by molar-refractivity contribution is -0.203. The molecule has 8 rings (SSSR count). The molecule has 3 unspecified atom stereocenters. The van der Waals surface area contributed by atoms with Gasteiger partial charge in [-0.3, -0.25) is 38.4 Å². The Bertz CT molecular complexity index is 3630. The number of anilines is 1. The molecule has 0 bridgehead atoms. The van der Waals surface area contributed by atoms with E-state index in [4.69, 9.17) is 48.4 Å². The number of hydrogen-bond donors (Lipinski definition) is 12. The predicted octanol–water partition coefficient (Wildman–Crippen LogP) is 4.02. The molecule has 7 aliphatic rings. The second kappa shape index (κ2) is 43.3. The van der Waals surface area contributed by atoms with Crippen LogP contribution in [0.1, 0.15) is 150 Å². The zero-order valence-corrected chi connectivity index (χ0v) is 66.2. The van der Waals surface area contributed by atoms with Crippen LogP contribution in [0.25, 0.3) is 0 Å². The van der Waals surface area contributed by atoms with Crippen molar-refractivity contribution in [3.8, 4) is 11.8 Å². The van der Waals surface area contributed by atoms with Crippen LogP contribution in [0.3, 0.4) is 0 Å². The van der Waals surface area contributed by atoms with E-state index in [0.717, 1.165) is 25.7 Å². The predicted molar refractivity (Wildman–Crippen MR) is 406 cm³/mol. The molecule has 9 amide bonds. The molecule has 0 aromatic heterocycles. The van der Waals surface area contributed by atoms with Gasteiger partial charge in [-0.2, -0.15) is 0 Å². The number of Topliss-reactive ketones (excluding diaryl/α,β-unsaturated/α-hetero) is 1. The number of carboxylic acid groups (broad SMARTS) is 1.